The standard InChI is InChI=1S/C24H21BrF3N3O4S/c1-3-6-20-29-14(2)11-21(32)31(20)12-17-15-9-10-35-13-18(15)23(25)22(17)16-7-4-5-8-19(16)30-36(33,34)24(26,27)28/h4-5,7-11,13,30H,3,6,12H2,1-2H3. The number of para-hydroxylation sites is 1. The number of hydrogen-bond acceptors (Lipinski definition) is 5. The van der Waals surface area contributed by atoms with Crippen LogP contribution < -0.4 is 10.3 Å². The fraction of sp³-hybridized carbons (Fsp3) is 0.250. The first-order valence-corrected chi connectivity index (χ1v) is 13.1. The summed E-state index contributed by atoms with van der Waals surface area (Å²) in [4.78, 5) is 17.5. The summed E-state index contributed by atoms with van der Waals surface area (Å²) in [5, 5.41) is 0. The molecule has 7 nitrogen and oxygen atoms in total. The number of alkyl halides is 3. The van der Waals surface area contributed by atoms with Crippen molar-refractivity contribution in [1.29, 1.82) is 0 Å². The number of aryl methyl sites for hydroxylation is 2. The van der Waals surface area contributed by atoms with Crippen molar-refractivity contribution in [2.24, 2.45) is 0 Å². The summed E-state index contributed by atoms with van der Waals surface area (Å²) in [6, 6.07) is 8.88. The molecule has 1 aliphatic heterocycles. The Hall–Kier alpha value is -3.12. The van der Waals surface area contributed by atoms with E-state index in [0.717, 1.165) is 6.42 Å². The summed E-state index contributed by atoms with van der Waals surface area (Å²) >= 11 is 3.52. The molecule has 0 unspecified atom stereocenters. The first kappa shape index (κ1) is 26.0. The van der Waals surface area contributed by atoms with E-state index in [1.54, 1.807) is 23.8 Å². The monoisotopic (exact) mass is 583 g/mol. The predicted octanol–water partition coefficient (Wildman–Crippen LogP) is 5.94. The zero-order valence-electron chi connectivity index (χ0n) is 19.2. The minimum atomic E-state index is -5.67. The summed E-state index contributed by atoms with van der Waals surface area (Å²) in [6.07, 6.45) is 4.21. The van der Waals surface area contributed by atoms with Gasteiger partial charge in [-0.1, -0.05) is 25.1 Å². The van der Waals surface area contributed by atoms with Crippen molar-refractivity contribution in [3.63, 3.8) is 0 Å². The molecule has 36 heavy (non-hydrogen) atoms. The Bertz CT molecular complexity index is 1560. The van der Waals surface area contributed by atoms with Gasteiger partial charge in [-0.2, -0.15) is 21.6 Å². The van der Waals surface area contributed by atoms with E-state index in [-0.39, 0.29) is 23.4 Å². The van der Waals surface area contributed by atoms with E-state index in [2.05, 4.69) is 20.9 Å². The molecule has 0 bridgehead atoms. The second kappa shape index (κ2) is 9.74. The van der Waals surface area contributed by atoms with Crippen LogP contribution in [0.1, 0.15) is 30.4 Å². The van der Waals surface area contributed by atoms with E-state index in [0.29, 0.717) is 44.7 Å². The molecule has 1 N–H and O–H groups in total. The summed E-state index contributed by atoms with van der Waals surface area (Å²) < 4.78 is 72.2. The van der Waals surface area contributed by atoms with E-state index in [9.17, 15) is 26.4 Å². The Labute approximate surface area is 213 Å². The topological polar surface area (TPSA) is 94.2 Å². The Kier molecular flexibility index (Phi) is 7.02. The van der Waals surface area contributed by atoms with Crippen LogP contribution in [0.2, 0.25) is 0 Å². The number of nitrogens with one attached hydrogen (secondary N) is 1. The molecule has 2 aliphatic rings. The van der Waals surface area contributed by atoms with Crippen LogP contribution in [0.5, 0.6) is 0 Å². The molecule has 0 amide bonds. The minimum absolute atomic E-state index is 0.0588. The van der Waals surface area contributed by atoms with Crippen LogP contribution in [0.25, 0.3) is 22.3 Å². The first-order valence-electron chi connectivity index (χ1n) is 10.9. The van der Waals surface area contributed by atoms with Gasteiger partial charge in [0.25, 0.3) is 5.56 Å². The molecule has 1 aromatic carbocycles. The fourth-order valence-corrected chi connectivity index (χ4v) is 5.41. The third kappa shape index (κ3) is 4.79. The maximum absolute atomic E-state index is 13.1. The molecule has 0 fully saturated rings. The van der Waals surface area contributed by atoms with Gasteiger partial charge >= 0.3 is 15.5 Å². The lowest BCUT2D eigenvalue weighted by atomic mass is 10.0. The average Bonchev–Trinajstić information content (AvgIpc) is 3.07. The van der Waals surface area contributed by atoms with Gasteiger partial charge in [0.1, 0.15) is 5.82 Å². The number of aromatic nitrogens is 2. The zero-order chi connectivity index (χ0) is 26.3. The van der Waals surface area contributed by atoms with Crippen LogP contribution in [-0.2, 0) is 23.0 Å². The van der Waals surface area contributed by atoms with E-state index in [1.807, 2.05) is 6.92 Å². The molecular formula is C24H21BrF3N3O4S. The van der Waals surface area contributed by atoms with Gasteiger partial charge in [0.15, 0.2) is 0 Å². The summed E-state index contributed by atoms with van der Waals surface area (Å²) in [5.74, 6) is 0.575. The van der Waals surface area contributed by atoms with E-state index >= 15 is 0 Å². The Morgan fingerprint density at radius 2 is 1.86 bits per heavy atom. The maximum Gasteiger partial charge on any atom is 0.516 e. The van der Waals surface area contributed by atoms with Gasteiger partial charge in [0, 0.05) is 39.3 Å². The molecule has 0 saturated heterocycles. The van der Waals surface area contributed by atoms with Gasteiger partial charge in [-0.3, -0.25) is 14.1 Å². The molecule has 2 heterocycles. The lowest BCUT2D eigenvalue weighted by molar-refractivity contribution is -0.0429. The van der Waals surface area contributed by atoms with Gasteiger partial charge < -0.3 is 4.42 Å². The van der Waals surface area contributed by atoms with Crippen LogP contribution in [-0.4, -0.2) is 23.5 Å². The third-order valence-corrected chi connectivity index (χ3v) is 7.54. The fourth-order valence-electron chi connectivity index (χ4n) is 4.06. The number of fused-ring (bicyclic) bond motifs is 1. The van der Waals surface area contributed by atoms with Gasteiger partial charge in [-0.15, -0.1) is 0 Å². The largest absolute Gasteiger partial charge is 0.516 e. The van der Waals surface area contributed by atoms with Crippen molar-refractivity contribution < 1.29 is 26.0 Å². The third-order valence-electron chi connectivity index (χ3n) is 5.62. The molecule has 2 aromatic rings. The van der Waals surface area contributed by atoms with Crippen LogP contribution in [0.4, 0.5) is 18.9 Å². The number of anilines is 1. The highest BCUT2D eigenvalue weighted by Crippen LogP contribution is 2.48. The number of rotatable bonds is 7. The maximum atomic E-state index is 13.1. The number of benzene rings is 1. The number of halogens is 4. The lowest BCUT2D eigenvalue weighted by Gasteiger charge is -2.17. The first-order chi connectivity index (χ1) is 16.9. The van der Waals surface area contributed by atoms with Crippen molar-refractivity contribution in [1.82, 2.24) is 9.55 Å². The second-order valence-electron chi connectivity index (χ2n) is 8.14. The molecule has 4 rings (SSSR count). The van der Waals surface area contributed by atoms with Gasteiger partial charge in [-0.25, -0.2) is 4.98 Å². The molecule has 0 saturated carbocycles. The number of sulfonamides is 1. The molecule has 190 valence electrons. The Balaban J connectivity index is 1.97. The van der Waals surface area contributed by atoms with Crippen molar-refractivity contribution in [2.75, 3.05) is 4.72 Å². The van der Waals surface area contributed by atoms with E-state index in [1.165, 1.54) is 41.4 Å². The summed E-state index contributed by atoms with van der Waals surface area (Å²) in [7, 11) is -5.67. The number of nitrogens with zero attached hydrogens (tertiary/aromatic N) is 2. The quantitative estimate of drug-likeness (QED) is 0.290. The normalized spacial score (nSPS) is 12.3. The van der Waals surface area contributed by atoms with Crippen molar-refractivity contribution in [3.05, 3.63) is 80.8 Å². The predicted molar refractivity (Wildman–Crippen MR) is 133 cm³/mol. The molecule has 0 spiro atoms. The van der Waals surface area contributed by atoms with Gasteiger partial charge in [0.2, 0.25) is 0 Å². The highest BCUT2D eigenvalue weighted by molar-refractivity contribution is 9.10. The molecule has 0 radical (unpaired) electrons. The van der Waals surface area contributed by atoms with Crippen molar-refractivity contribution >= 4 is 31.6 Å². The van der Waals surface area contributed by atoms with E-state index < -0.39 is 15.5 Å². The molecule has 1 aromatic heterocycles. The molecule has 12 heteroatoms. The van der Waals surface area contributed by atoms with Gasteiger partial charge in [-0.05, 0) is 52.5 Å². The van der Waals surface area contributed by atoms with E-state index in [4.69, 9.17) is 4.42 Å². The minimum Gasteiger partial charge on any atom is -0.472 e. The lowest BCUT2D eigenvalue weighted by Crippen LogP contribution is -2.30. The Morgan fingerprint density at radius 1 is 1.14 bits per heavy atom. The van der Waals surface area contributed by atoms with Crippen molar-refractivity contribution in [3.8, 4) is 22.3 Å². The molecular weight excluding hydrogens is 563 g/mol. The van der Waals surface area contributed by atoms with Gasteiger partial charge in [0.05, 0.1) is 24.8 Å². The average molecular weight is 584 g/mol. The highest BCUT2D eigenvalue weighted by atomic mass is 79.9. The zero-order valence-corrected chi connectivity index (χ0v) is 21.6. The Morgan fingerprint density at radius 3 is 2.56 bits per heavy atom. The van der Waals surface area contributed by atoms with Crippen LogP contribution in [0.15, 0.2) is 62.6 Å². The second-order valence-corrected chi connectivity index (χ2v) is 10.6. The summed E-state index contributed by atoms with van der Waals surface area (Å²) in [6.45, 7) is 3.75. The van der Waals surface area contributed by atoms with Crippen molar-refractivity contribution in [2.45, 2.75) is 38.7 Å². The van der Waals surface area contributed by atoms with Crippen LogP contribution >= 0.6 is 15.9 Å². The van der Waals surface area contributed by atoms with Crippen LogP contribution in [0, 0.1) is 6.92 Å². The number of hydrogen-bond donors (Lipinski definition) is 1. The van der Waals surface area contributed by atoms with Crippen LogP contribution in [0.3, 0.4) is 0 Å². The SMILES string of the molecule is CCCc1nc(C)cc(=O)n1Cc1c2ccocc-2c(Br)c1-c1ccccc1NS(=O)(=O)C(F)(F)F. The summed E-state index contributed by atoms with van der Waals surface area (Å²) in [5.41, 5.74) is -2.91. The highest BCUT2D eigenvalue weighted by Gasteiger charge is 2.46. The molecule has 1 aliphatic carbocycles. The smallest absolute Gasteiger partial charge is 0.472 e. The molecule has 0 atom stereocenters.